The van der Waals surface area contributed by atoms with Gasteiger partial charge in [-0.05, 0) is 24.3 Å². The van der Waals surface area contributed by atoms with Crippen molar-refractivity contribution in [2.24, 2.45) is 0 Å². The largest absolute Gasteiger partial charge is 0.486 e. The molecule has 0 aromatic carbocycles. The lowest BCUT2D eigenvalue weighted by Crippen LogP contribution is -1.96. The van der Waals surface area contributed by atoms with Crippen molar-refractivity contribution in [3.05, 3.63) is 48.6 Å². The van der Waals surface area contributed by atoms with Crippen LogP contribution >= 0.6 is 0 Å². The van der Waals surface area contributed by atoms with Gasteiger partial charge in [-0.15, -0.1) is 0 Å². The first kappa shape index (κ1) is 6.28. The van der Waals surface area contributed by atoms with Crippen molar-refractivity contribution in [1.82, 2.24) is 0 Å². The van der Waals surface area contributed by atoms with Gasteiger partial charge in [0.25, 0.3) is 0 Å². The number of hydrogen-bond donors (Lipinski definition) is 0. The molecule has 1 atom stereocenters. The Kier molecular flexibility index (Phi) is 1.52. The molecule has 11 heavy (non-hydrogen) atoms. The van der Waals surface area contributed by atoms with Crippen LogP contribution in [0.4, 0.5) is 0 Å². The first-order chi connectivity index (χ1) is 5.47. The minimum Gasteiger partial charge on any atom is -0.486 e. The van der Waals surface area contributed by atoms with Crippen LogP contribution in [0.1, 0.15) is 11.9 Å². The Balaban J connectivity index is 2.19. The Morgan fingerprint density at radius 1 is 1.27 bits per heavy atom. The summed E-state index contributed by atoms with van der Waals surface area (Å²) in [6.45, 7) is 0. The van der Waals surface area contributed by atoms with E-state index in [9.17, 15) is 0 Å². The molecule has 2 rings (SSSR count). The monoisotopic (exact) mass is 148 g/mol. The molecule has 1 aliphatic rings. The number of hydrogen-bond acceptors (Lipinski definition) is 2. The summed E-state index contributed by atoms with van der Waals surface area (Å²) in [5, 5.41) is 0. The molecular formula is C9H8O2. The van der Waals surface area contributed by atoms with Crippen LogP contribution in [0, 0.1) is 0 Å². The zero-order valence-electron chi connectivity index (χ0n) is 5.94. The maximum absolute atomic E-state index is 5.26. The first-order valence-electron chi connectivity index (χ1n) is 3.49. The van der Waals surface area contributed by atoms with Crippen LogP contribution in [0.5, 0.6) is 0 Å². The maximum atomic E-state index is 5.26. The summed E-state index contributed by atoms with van der Waals surface area (Å²) in [5.41, 5.74) is 0. The van der Waals surface area contributed by atoms with Crippen molar-refractivity contribution in [2.75, 3.05) is 0 Å². The van der Waals surface area contributed by atoms with Crippen LogP contribution in [0.3, 0.4) is 0 Å². The third kappa shape index (κ3) is 1.19. The van der Waals surface area contributed by atoms with E-state index in [0.717, 1.165) is 5.76 Å². The van der Waals surface area contributed by atoms with E-state index >= 15 is 0 Å². The maximum Gasteiger partial charge on any atom is 0.174 e. The molecule has 0 saturated heterocycles. The second-order valence-electron chi connectivity index (χ2n) is 2.29. The predicted molar refractivity (Wildman–Crippen MR) is 40.8 cm³/mol. The van der Waals surface area contributed by atoms with Gasteiger partial charge in [0.15, 0.2) is 6.10 Å². The molecular weight excluding hydrogens is 140 g/mol. The standard InChI is InChI=1S/C9H8O2/c1-2-6-10-8(4-1)9-5-3-7-11-9/h1-8H. The van der Waals surface area contributed by atoms with Gasteiger partial charge in [0.05, 0.1) is 12.5 Å². The van der Waals surface area contributed by atoms with Crippen molar-refractivity contribution < 1.29 is 9.15 Å². The summed E-state index contributed by atoms with van der Waals surface area (Å²) in [6, 6.07) is 3.75. The predicted octanol–water partition coefficient (Wildman–Crippen LogP) is 2.42. The second kappa shape index (κ2) is 2.66. The minimum atomic E-state index is -0.0463. The summed E-state index contributed by atoms with van der Waals surface area (Å²) >= 11 is 0. The number of furan rings is 1. The van der Waals surface area contributed by atoms with E-state index in [2.05, 4.69) is 0 Å². The molecule has 1 aromatic rings. The highest BCUT2D eigenvalue weighted by Crippen LogP contribution is 2.21. The zero-order valence-corrected chi connectivity index (χ0v) is 5.94. The molecule has 0 spiro atoms. The normalized spacial score (nSPS) is 21.6. The van der Waals surface area contributed by atoms with Crippen molar-refractivity contribution >= 4 is 0 Å². The fourth-order valence-corrected chi connectivity index (χ4v) is 1.00. The topological polar surface area (TPSA) is 22.4 Å². The molecule has 2 nitrogen and oxygen atoms in total. The molecule has 0 radical (unpaired) electrons. The van der Waals surface area contributed by atoms with Gasteiger partial charge in [-0.2, -0.15) is 0 Å². The summed E-state index contributed by atoms with van der Waals surface area (Å²) < 4.78 is 10.4. The van der Waals surface area contributed by atoms with E-state index in [-0.39, 0.29) is 6.10 Å². The molecule has 0 bridgehead atoms. The SMILES string of the molecule is C1=COC(c2ccco2)C=C1. The Morgan fingerprint density at radius 2 is 2.27 bits per heavy atom. The molecule has 0 aliphatic carbocycles. The lowest BCUT2D eigenvalue weighted by Gasteiger charge is -2.11. The fraction of sp³-hybridized carbons (Fsp3) is 0.111. The second-order valence-corrected chi connectivity index (χ2v) is 2.29. The van der Waals surface area contributed by atoms with Crippen LogP contribution in [0.15, 0.2) is 47.3 Å². The van der Waals surface area contributed by atoms with E-state index in [1.165, 1.54) is 0 Å². The van der Waals surface area contributed by atoms with Gasteiger partial charge in [0, 0.05) is 0 Å². The van der Waals surface area contributed by atoms with Crippen molar-refractivity contribution in [3.63, 3.8) is 0 Å². The average Bonchev–Trinajstić information content (AvgIpc) is 2.58. The van der Waals surface area contributed by atoms with Crippen molar-refractivity contribution in [3.8, 4) is 0 Å². The highest BCUT2D eigenvalue weighted by molar-refractivity contribution is 5.15. The summed E-state index contributed by atoms with van der Waals surface area (Å²) in [6.07, 6.45) is 8.99. The summed E-state index contributed by atoms with van der Waals surface area (Å²) in [5.74, 6) is 0.839. The van der Waals surface area contributed by atoms with Crippen LogP contribution < -0.4 is 0 Å². The van der Waals surface area contributed by atoms with Crippen molar-refractivity contribution in [2.45, 2.75) is 6.10 Å². The number of rotatable bonds is 1. The van der Waals surface area contributed by atoms with Gasteiger partial charge in [-0.3, -0.25) is 0 Å². The third-order valence-electron chi connectivity index (χ3n) is 1.52. The molecule has 56 valence electrons. The Morgan fingerprint density at radius 3 is 2.91 bits per heavy atom. The fourth-order valence-electron chi connectivity index (χ4n) is 1.00. The highest BCUT2D eigenvalue weighted by Gasteiger charge is 2.10. The highest BCUT2D eigenvalue weighted by atomic mass is 16.5. The van der Waals surface area contributed by atoms with Crippen LogP contribution in [0.2, 0.25) is 0 Å². The smallest absolute Gasteiger partial charge is 0.174 e. The molecule has 0 saturated carbocycles. The summed E-state index contributed by atoms with van der Waals surface area (Å²) in [7, 11) is 0. The molecule has 0 N–H and O–H groups in total. The average molecular weight is 148 g/mol. The number of allylic oxidation sites excluding steroid dienone is 2. The summed E-state index contributed by atoms with van der Waals surface area (Å²) in [4.78, 5) is 0. The van der Waals surface area contributed by atoms with Gasteiger partial charge in [-0.25, -0.2) is 0 Å². The Hall–Kier alpha value is -1.44. The molecule has 0 amide bonds. The molecule has 0 fully saturated rings. The van der Waals surface area contributed by atoms with E-state index < -0.39 is 0 Å². The molecule has 1 aliphatic heterocycles. The lowest BCUT2D eigenvalue weighted by molar-refractivity contribution is 0.161. The molecule has 2 heterocycles. The van der Waals surface area contributed by atoms with Crippen LogP contribution in [-0.2, 0) is 4.74 Å². The number of ether oxygens (including phenoxy) is 1. The van der Waals surface area contributed by atoms with E-state index in [0.29, 0.717) is 0 Å². The lowest BCUT2D eigenvalue weighted by atomic mass is 10.2. The third-order valence-corrected chi connectivity index (χ3v) is 1.52. The van der Waals surface area contributed by atoms with Gasteiger partial charge in [-0.1, -0.05) is 6.08 Å². The van der Waals surface area contributed by atoms with Gasteiger partial charge in [0.1, 0.15) is 5.76 Å². The quantitative estimate of drug-likeness (QED) is 0.610. The van der Waals surface area contributed by atoms with Gasteiger partial charge >= 0.3 is 0 Å². The minimum absolute atomic E-state index is 0.0463. The van der Waals surface area contributed by atoms with Gasteiger partial charge < -0.3 is 9.15 Å². The molecule has 2 heteroatoms. The van der Waals surface area contributed by atoms with Gasteiger partial charge in [0.2, 0.25) is 0 Å². The van der Waals surface area contributed by atoms with E-state index in [1.807, 2.05) is 30.4 Å². The molecule has 1 aromatic heterocycles. The van der Waals surface area contributed by atoms with E-state index in [1.54, 1.807) is 12.5 Å². The zero-order chi connectivity index (χ0) is 7.52. The van der Waals surface area contributed by atoms with Crippen LogP contribution in [-0.4, -0.2) is 0 Å². The molecule has 1 unspecified atom stereocenters. The van der Waals surface area contributed by atoms with E-state index in [4.69, 9.17) is 9.15 Å². The van der Waals surface area contributed by atoms with Crippen LogP contribution in [0.25, 0.3) is 0 Å². The van der Waals surface area contributed by atoms with Crippen molar-refractivity contribution in [1.29, 1.82) is 0 Å². The first-order valence-corrected chi connectivity index (χ1v) is 3.49. The Bertz CT molecular complexity index is 270. The Labute approximate surface area is 64.8 Å².